The van der Waals surface area contributed by atoms with Gasteiger partial charge in [0.25, 0.3) is 0 Å². The summed E-state index contributed by atoms with van der Waals surface area (Å²) in [5, 5.41) is 5.74. The zero-order chi connectivity index (χ0) is 16.0. The van der Waals surface area contributed by atoms with Gasteiger partial charge in [0.1, 0.15) is 0 Å². The van der Waals surface area contributed by atoms with Crippen LogP contribution in [0.5, 0.6) is 0 Å². The fraction of sp³-hybridized carbons (Fsp3) is 0.533. The molecule has 1 aromatic carbocycles. The summed E-state index contributed by atoms with van der Waals surface area (Å²) in [6.45, 7) is 4.13. The number of likely N-dealkylation sites (N-methyl/N-ethyl adjacent to an activating group) is 1. The smallest absolute Gasteiger partial charge is 0.354 e. The number of alkyl halides is 3. The number of amides is 1. The first-order valence-electron chi connectivity index (χ1n) is 6.91. The van der Waals surface area contributed by atoms with E-state index in [0.717, 1.165) is 12.1 Å². The lowest BCUT2D eigenvalue weighted by atomic mass is 9.94. The van der Waals surface area contributed by atoms with E-state index in [1.807, 2.05) is 6.92 Å². The van der Waals surface area contributed by atoms with E-state index in [0.29, 0.717) is 18.5 Å². The van der Waals surface area contributed by atoms with Crippen molar-refractivity contribution in [3.8, 4) is 0 Å². The minimum Gasteiger partial charge on any atom is -0.354 e. The third-order valence-corrected chi connectivity index (χ3v) is 3.42. The van der Waals surface area contributed by atoms with Gasteiger partial charge in [-0.15, -0.1) is 12.4 Å². The molecule has 7 heteroatoms. The number of carbonyl (C=O) groups is 1. The van der Waals surface area contributed by atoms with E-state index in [-0.39, 0.29) is 24.4 Å². The van der Waals surface area contributed by atoms with Crippen LogP contribution in [0.3, 0.4) is 0 Å². The van der Waals surface area contributed by atoms with Crippen LogP contribution in [0, 0.1) is 0 Å². The zero-order valence-electron chi connectivity index (χ0n) is 12.8. The second kappa shape index (κ2) is 9.00. The van der Waals surface area contributed by atoms with Crippen LogP contribution in [-0.2, 0) is 11.0 Å². The van der Waals surface area contributed by atoms with Crippen LogP contribution in [0.1, 0.15) is 37.3 Å². The summed E-state index contributed by atoms with van der Waals surface area (Å²) in [6.07, 6.45) is -3.95. The Morgan fingerprint density at radius 2 is 1.95 bits per heavy atom. The minimum absolute atomic E-state index is 0. The Kier molecular flexibility index (Phi) is 8.48. The lowest BCUT2D eigenvalue weighted by molar-refractivity contribution is -0.137. The van der Waals surface area contributed by atoms with Crippen molar-refractivity contribution in [1.29, 1.82) is 0 Å². The van der Waals surface area contributed by atoms with Gasteiger partial charge < -0.3 is 10.6 Å². The number of hydrogen-bond donors (Lipinski definition) is 2. The molecule has 0 aliphatic rings. The number of benzene rings is 1. The van der Waals surface area contributed by atoms with Crippen LogP contribution in [0.25, 0.3) is 0 Å². The maximum Gasteiger partial charge on any atom is 0.416 e. The highest BCUT2D eigenvalue weighted by atomic mass is 35.5. The molecule has 2 unspecified atom stereocenters. The first kappa shape index (κ1) is 20.7. The van der Waals surface area contributed by atoms with Gasteiger partial charge in [0.05, 0.1) is 11.5 Å². The van der Waals surface area contributed by atoms with Crippen molar-refractivity contribution < 1.29 is 18.0 Å². The van der Waals surface area contributed by atoms with Gasteiger partial charge in [0.2, 0.25) is 5.91 Å². The van der Waals surface area contributed by atoms with Gasteiger partial charge >= 0.3 is 6.18 Å². The van der Waals surface area contributed by atoms with E-state index in [2.05, 4.69) is 10.6 Å². The van der Waals surface area contributed by atoms with E-state index in [9.17, 15) is 18.0 Å². The Bertz CT molecular complexity index is 480. The van der Waals surface area contributed by atoms with Crippen molar-refractivity contribution in [3.05, 3.63) is 35.4 Å². The molecule has 0 aliphatic carbocycles. The number of nitrogens with one attached hydrogen (secondary N) is 2. The van der Waals surface area contributed by atoms with Gasteiger partial charge in [-0.2, -0.15) is 13.2 Å². The summed E-state index contributed by atoms with van der Waals surface area (Å²) < 4.78 is 38.2. The summed E-state index contributed by atoms with van der Waals surface area (Å²) in [6, 6.07) is 5.06. The molecule has 0 bridgehead atoms. The summed E-state index contributed by atoms with van der Waals surface area (Å²) in [4.78, 5) is 12.1. The molecular formula is C15H22ClF3N2O. The molecule has 2 atom stereocenters. The molecule has 2 N–H and O–H groups in total. The number of rotatable bonds is 6. The quantitative estimate of drug-likeness (QED) is 0.835. The average Bonchev–Trinajstić information content (AvgIpc) is 2.45. The normalized spacial score (nSPS) is 13.9. The van der Waals surface area contributed by atoms with Crippen LogP contribution in [0.15, 0.2) is 24.3 Å². The molecule has 3 nitrogen and oxygen atoms in total. The first-order chi connectivity index (χ1) is 9.79. The van der Waals surface area contributed by atoms with Gasteiger partial charge in [-0.3, -0.25) is 4.79 Å². The third-order valence-electron chi connectivity index (χ3n) is 3.42. The maximum atomic E-state index is 12.7. The Balaban J connectivity index is 0.00000441. The van der Waals surface area contributed by atoms with Crippen LogP contribution in [0.2, 0.25) is 0 Å². The summed E-state index contributed by atoms with van der Waals surface area (Å²) >= 11 is 0. The molecule has 0 aromatic heterocycles. The van der Waals surface area contributed by atoms with Gasteiger partial charge in [-0.05, 0) is 32.0 Å². The molecule has 0 spiro atoms. The second-order valence-corrected chi connectivity index (χ2v) is 5.02. The number of hydrogen-bond acceptors (Lipinski definition) is 2. The van der Waals surface area contributed by atoms with Crippen LogP contribution >= 0.6 is 12.4 Å². The molecule has 126 valence electrons. The Hall–Kier alpha value is -1.27. The van der Waals surface area contributed by atoms with Crippen molar-refractivity contribution in [2.24, 2.45) is 0 Å². The van der Waals surface area contributed by atoms with E-state index < -0.39 is 17.7 Å². The zero-order valence-corrected chi connectivity index (χ0v) is 13.6. The van der Waals surface area contributed by atoms with E-state index in [1.54, 1.807) is 20.0 Å². The lowest BCUT2D eigenvalue weighted by Gasteiger charge is -2.18. The highest BCUT2D eigenvalue weighted by molar-refractivity contribution is 5.85. The van der Waals surface area contributed by atoms with E-state index in [4.69, 9.17) is 0 Å². The Morgan fingerprint density at radius 3 is 2.45 bits per heavy atom. The minimum atomic E-state index is -4.40. The van der Waals surface area contributed by atoms with Gasteiger partial charge in [0, 0.05) is 12.6 Å². The molecule has 0 aliphatic heterocycles. The Morgan fingerprint density at radius 1 is 1.32 bits per heavy atom. The van der Waals surface area contributed by atoms with Gasteiger partial charge in [-0.1, -0.05) is 25.1 Å². The third kappa shape index (κ3) is 5.85. The molecule has 0 heterocycles. The molecule has 1 rings (SSSR count). The average molecular weight is 339 g/mol. The fourth-order valence-corrected chi connectivity index (χ4v) is 1.98. The van der Waals surface area contributed by atoms with Crippen molar-refractivity contribution in [1.82, 2.24) is 10.6 Å². The summed E-state index contributed by atoms with van der Waals surface area (Å²) in [5.41, 5.74) is -0.336. The van der Waals surface area contributed by atoms with Crippen LogP contribution in [-0.4, -0.2) is 25.5 Å². The maximum absolute atomic E-state index is 12.7. The first-order valence-corrected chi connectivity index (χ1v) is 6.91. The molecule has 1 aromatic rings. The predicted molar refractivity (Wildman–Crippen MR) is 83.3 cm³/mol. The second-order valence-electron chi connectivity index (χ2n) is 5.02. The molecule has 22 heavy (non-hydrogen) atoms. The molecule has 0 fully saturated rings. The molecule has 0 saturated heterocycles. The molecular weight excluding hydrogens is 317 g/mol. The van der Waals surface area contributed by atoms with Crippen LogP contribution < -0.4 is 10.6 Å². The molecule has 1 amide bonds. The summed E-state index contributed by atoms with van der Waals surface area (Å²) in [7, 11) is 1.78. The molecule has 0 radical (unpaired) electrons. The van der Waals surface area contributed by atoms with Crippen LogP contribution in [0.4, 0.5) is 13.2 Å². The SMILES string of the molecule is CCC(C(=O)NCC(C)NC)c1cccc(C(F)(F)F)c1.Cl. The highest BCUT2D eigenvalue weighted by Crippen LogP contribution is 2.31. The van der Waals surface area contributed by atoms with E-state index in [1.165, 1.54) is 6.07 Å². The number of halogens is 4. The lowest BCUT2D eigenvalue weighted by Crippen LogP contribution is -2.39. The fourth-order valence-electron chi connectivity index (χ4n) is 1.98. The van der Waals surface area contributed by atoms with E-state index >= 15 is 0 Å². The monoisotopic (exact) mass is 338 g/mol. The number of carbonyl (C=O) groups excluding carboxylic acids is 1. The standard InChI is InChI=1S/C15H21F3N2O.ClH/c1-4-13(14(21)20-9-10(2)19-3)11-6-5-7-12(8-11)15(16,17)18;/h5-8,10,13,19H,4,9H2,1-3H3,(H,20,21);1H. The molecule has 0 saturated carbocycles. The Labute approximate surface area is 135 Å². The largest absolute Gasteiger partial charge is 0.416 e. The summed E-state index contributed by atoms with van der Waals surface area (Å²) in [5.74, 6) is -0.824. The highest BCUT2D eigenvalue weighted by Gasteiger charge is 2.31. The predicted octanol–water partition coefficient (Wildman–Crippen LogP) is 3.34. The van der Waals surface area contributed by atoms with Crippen molar-refractivity contribution in [2.45, 2.75) is 38.4 Å². The van der Waals surface area contributed by atoms with Crippen molar-refractivity contribution in [3.63, 3.8) is 0 Å². The van der Waals surface area contributed by atoms with Crippen molar-refractivity contribution >= 4 is 18.3 Å². The topological polar surface area (TPSA) is 41.1 Å². The van der Waals surface area contributed by atoms with Gasteiger partial charge in [-0.25, -0.2) is 0 Å². The van der Waals surface area contributed by atoms with Gasteiger partial charge in [0.15, 0.2) is 0 Å². The van der Waals surface area contributed by atoms with Crippen molar-refractivity contribution in [2.75, 3.05) is 13.6 Å².